The first kappa shape index (κ1) is 20.7. The van der Waals surface area contributed by atoms with Gasteiger partial charge in [0, 0.05) is 20.1 Å². The van der Waals surface area contributed by atoms with Crippen LogP contribution in [0.2, 0.25) is 10.0 Å². The fourth-order valence-corrected chi connectivity index (χ4v) is 4.31. The highest BCUT2D eigenvalue weighted by Crippen LogP contribution is 2.33. The highest BCUT2D eigenvalue weighted by molar-refractivity contribution is 6.43. The van der Waals surface area contributed by atoms with E-state index in [4.69, 9.17) is 28.2 Å². The van der Waals surface area contributed by atoms with E-state index in [0.29, 0.717) is 36.7 Å². The molecule has 0 radical (unpaired) electrons. The van der Waals surface area contributed by atoms with Gasteiger partial charge in [0.25, 0.3) is 11.8 Å². The average molecular weight is 470 g/mol. The fraction of sp³-hybridized carbons (Fsp3) is 0.227. The molecule has 2 aliphatic heterocycles. The second-order valence-corrected chi connectivity index (χ2v) is 8.50. The Morgan fingerprint density at radius 2 is 1.50 bits per heavy atom. The molecule has 0 unspecified atom stereocenters. The Hall–Kier alpha value is -3.23. The summed E-state index contributed by atoms with van der Waals surface area (Å²) < 4.78 is 0. The van der Waals surface area contributed by atoms with Crippen molar-refractivity contribution in [1.29, 1.82) is 0 Å². The highest BCUT2D eigenvalue weighted by atomic mass is 35.5. The molecule has 1 aromatic heterocycles. The molecule has 0 bridgehead atoms. The summed E-state index contributed by atoms with van der Waals surface area (Å²) in [6, 6.07) is 10.1. The van der Waals surface area contributed by atoms with Gasteiger partial charge in [-0.2, -0.15) is 0 Å². The number of anilines is 2. The van der Waals surface area contributed by atoms with Crippen molar-refractivity contribution in [1.82, 2.24) is 14.9 Å². The third-order valence-electron chi connectivity index (χ3n) is 5.63. The molecule has 3 heterocycles. The van der Waals surface area contributed by atoms with E-state index in [1.54, 1.807) is 0 Å². The lowest BCUT2D eigenvalue weighted by atomic mass is 10.1. The molecule has 32 heavy (non-hydrogen) atoms. The van der Waals surface area contributed by atoms with Crippen LogP contribution in [0.5, 0.6) is 0 Å². The molecule has 0 saturated heterocycles. The summed E-state index contributed by atoms with van der Waals surface area (Å²) in [5, 5.41) is 0.345. The van der Waals surface area contributed by atoms with E-state index >= 15 is 0 Å². The largest absolute Gasteiger partial charge is 0.357 e. The van der Waals surface area contributed by atoms with E-state index in [2.05, 4.69) is 4.98 Å². The number of hydrogen-bond acceptors (Lipinski definition) is 6. The summed E-state index contributed by atoms with van der Waals surface area (Å²) in [5.41, 5.74) is 1.66. The molecule has 2 aromatic carbocycles. The minimum absolute atomic E-state index is 0.138. The molecule has 10 heteroatoms. The van der Waals surface area contributed by atoms with E-state index in [-0.39, 0.29) is 21.2 Å². The Morgan fingerprint density at radius 1 is 0.938 bits per heavy atom. The number of para-hydroxylation sites is 2. The van der Waals surface area contributed by atoms with Gasteiger partial charge in [-0.05, 0) is 30.7 Å². The van der Waals surface area contributed by atoms with E-state index in [0.717, 1.165) is 10.4 Å². The maximum atomic E-state index is 13.3. The monoisotopic (exact) mass is 469 g/mol. The smallest absolute Gasteiger partial charge is 0.262 e. The Kier molecular flexibility index (Phi) is 4.98. The second kappa shape index (κ2) is 7.72. The van der Waals surface area contributed by atoms with E-state index in [1.807, 2.05) is 36.2 Å². The summed E-state index contributed by atoms with van der Waals surface area (Å²) in [5.74, 6) is -0.577. The number of amides is 3. The third-order valence-corrected chi connectivity index (χ3v) is 6.36. The van der Waals surface area contributed by atoms with Gasteiger partial charge >= 0.3 is 0 Å². The first-order chi connectivity index (χ1) is 15.3. The van der Waals surface area contributed by atoms with Crippen LogP contribution in [0.3, 0.4) is 0 Å². The topological polar surface area (TPSA) is 86.7 Å². The number of aromatic nitrogens is 2. The molecule has 0 saturated carbocycles. The summed E-state index contributed by atoms with van der Waals surface area (Å²) in [6.07, 6.45) is 0.684. The van der Waals surface area contributed by atoms with Crippen molar-refractivity contribution in [3.8, 4) is 0 Å². The summed E-state index contributed by atoms with van der Waals surface area (Å²) in [7, 11) is 1.90. The lowest BCUT2D eigenvalue weighted by molar-refractivity contribution is -0.119. The number of rotatable bonds is 2. The zero-order valence-electron chi connectivity index (χ0n) is 17.0. The standard InChI is InChI=1S/C22H17Cl2N5O3/c1-27-7-4-8-28(20-19(27)25-16-5-2-3-6-17(16)26-20)18(30)11-29-21(31)12-9-14(23)15(24)10-13(12)22(29)32/h2-3,5-6,9-10H,4,7-8,11H2,1H3. The van der Waals surface area contributed by atoms with Crippen LogP contribution < -0.4 is 9.80 Å². The molecule has 0 atom stereocenters. The number of fused-ring (bicyclic) bond motifs is 3. The minimum atomic E-state index is -0.575. The lowest BCUT2D eigenvalue weighted by Gasteiger charge is -2.24. The van der Waals surface area contributed by atoms with Gasteiger partial charge in [0.05, 0.1) is 32.2 Å². The van der Waals surface area contributed by atoms with Gasteiger partial charge in [0.2, 0.25) is 5.91 Å². The molecule has 162 valence electrons. The Labute approximate surface area is 193 Å². The van der Waals surface area contributed by atoms with Gasteiger partial charge in [0.15, 0.2) is 11.6 Å². The quantitative estimate of drug-likeness (QED) is 0.534. The van der Waals surface area contributed by atoms with Gasteiger partial charge in [-0.15, -0.1) is 0 Å². The van der Waals surface area contributed by atoms with Gasteiger partial charge in [0.1, 0.15) is 6.54 Å². The number of halogens is 2. The second-order valence-electron chi connectivity index (χ2n) is 7.69. The molecule has 0 fully saturated rings. The first-order valence-electron chi connectivity index (χ1n) is 9.98. The number of benzene rings is 2. The normalized spacial score (nSPS) is 15.8. The van der Waals surface area contributed by atoms with E-state index < -0.39 is 24.3 Å². The molecule has 0 spiro atoms. The number of carbonyl (C=O) groups excluding carboxylic acids is 3. The molecular weight excluding hydrogens is 453 g/mol. The average Bonchev–Trinajstić information content (AvgIpc) is 2.90. The van der Waals surface area contributed by atoms with Crippen LogP contribution in [0.1, 0.15) is 27.1 Å². The van der Waals surface area contributed by atoms with Crippen LogP contribution in [0.25, 0.3) is 11.0 Å². The molecule has 3 aromatic rings. The molecule has 0 aliphatic carbocycles. The Morgan fingerprint density at radius 3 is 2.09 bits per heavy atom. The van der Waals surface area contributed by atoms with Gasteiger partial charge < -0.3 is 4.90 Å². The van der Waals surface area contributed by atoms with Gasteiger partial charge in [-0.3, -0.25) is 24.2 Å². The summed E-state index contributed by atoms with van der Waals surface area (Å²) in [6.45, 7) is 0.664. The van der Waals surface area contributed by atoms with Crippen LogP contribution in [0.15, 0.2) is 36.4 Å². The van der Waals surface area contributed by atoms with E-state index in [1.165, 1.54) is 17.0 Å². The zero-order chi connectivity index (χ0) is 22.6. The highest BCUT2D eigenvalue weighted by Gasteiger charge is 2.39. The molecule has 8 nitrogen and oxygen atoms in total. The van der Waals surface area contributed by atoms with Crippen molar-refractivity contribution in [3.63, 3.8) is 0 Å². The summed E-state index contributed by atoms with van der Waals surface area (Å²) in [4.78, 5) is 52.7. The molecule has 3 amide bonds. The van der Waals surface area contributed by atoms with Crippen molar-refractivity contribution in [3.05, 3.63) is 57.6 Å². The predicted octanol–water partition coefficient (Wildman–Crippen LogP) is 3.41. The van der Waals surface area contributed by atoms with Crippen molar-refractivity contribution >= 4 is 63.6 Å². The predicted molar refractivity (Wildman–Crippen MR) is 122 cm³/mol. The van der Waals surface area contributed by atoms with Crippen LogP contribution >= 0.6 is 23.2 Å². The van der Waals surface area contributed by atoms with Crippen molar-refractivity contribution in [2.75, 3.05) is 36.5 Å². The Bertz CT molecular complexity index is 1270. The maximum Gasteiger partial charge on any atom is 0.262 e. The fourth-order valence-electron chi connectivity index (χ4n) is 3.99. The number of hydrogen-bond donors (Lipinski definition) is 0. The van der Waals surface area contributed by atoms with Crippen LogP contribution in [-0.4, -0.2) is 59.3 Å². The Balaban J connectivity index is 1.49. The van der Waals surface area contributed by atoms with E-state index in [9.17, 15) is 14.4 Å². The zero-order valence-corrected chi connectivity index (χ0v) is 18.5. The van der Waals surface area contributed by atoms with Crippen LogP contribution in [0, 0.1) is 0 Å². The van der Waals surface area contributed by atoms with Crippen molar-refractivity contribution < 1.29 is 14.4 Å². The number of nitrogens with zero attached hydrogens (tertiary/aromatic N) is 5. The molecule has 5 rings (SSSR count). The summed E-state index contributed by atoms with van der Waals surface area (Å²) >= 11 is 12.0. The van der Waals surface area contributed by atoms with Crippen LogP contribution in [0.4, 0.5) is 11.6 Å². The third kappa shape index (κ3) is 3.27. The van der Waals surface area contributed by atoms with Gasteiger partial charge in [-0.1, -0.05) is 35.3 Å². The molecule has 2 aliphatic rings. The number of imide groups is 1. The first-order valence-corrected chi connectivity index (χ1v) is 10.7. The van der Waals surface area contributed by atoms with Crippen molar-refractivity contribution in [2.24, 2.45) is 0 Å². The minimum Gasteiger partial charge on any atom is -0.357 e. The SMILES string of the molecule is CN1CCCN(C(=O)CN2C(=O)c3cc(Cl)c(Cl)cc3C2=O)c2nc3ccccc3nc21. The molecular formula is C22H17Cl2N5O3. The lowest BCUT2D eigenvalue weighted by Crippen LogP contribution is -2.43. The van der Waals surface area contributed by atoms with Gasteiger partial charge in [-0.25, -0.2) is 9.97 Å². The van der Waals surface area contributed by atoms with Crippen molar-refractivity contribution in [2.45, 2.75) is 6.42 Å². The number of carbonyl (C=O) groups is 3. The van der Waals surface area contributed by atoms with Crippen LogP contribution in [-0.2, 0) is 4.79 Å². The molecule has 0 N–H and O–H groups in total. The maximum absolute atomic E-state index is 13.3.